The standard InChI is InChI=1S/C16H26N6/c1-18-12-4-5-22(9-12)15-8-14(20-16(17)21-15)19-13-7-10-2-3-11(13)6-10/h8,10-13,18H,2-7,9H2,1H3,(H3,17,19,20,21)/t10?,11?,12-,13?/m0/s1. The minimum absolute atomic E-state index is 0.371. The highest BCUT2D eigenvalue weighted by atomic mass is 15.3. The molecule has 3 unspecified atom stereocenters. The SMILES string of the molecule is CN[C@H]1CCN(c2cc(NC3CC4CCC3C4)nc(N)n2)C1. The summed E-state index contributed by atoms with van der Waals surface area (Å²) < 4.78 is 0. The number of nitrogens with one attached hydrogen (secondary N) is 2. The first-order valence-corrected chi connectivity index (χ1v) is 8.54. The van der Waals surface area contributed by atoms with E-state index in [1.807, 2.05) is 7.05 Å². The van der Waals surface area contributed by atoms with Crippen LogP contribution in [0, 0.1) is 11.8 Å². The first-order valence-electron chi connectivity index (χ1n) is 8.54. The van der Waals surface area contributed by atoms with Gasteiger partial charge in [0.2, 0.25) is 5.95 Å². The predicted molar refractivity (Wildman–Crippen MR) is 89.0 cm³/mol. The number of nitrogens with two attached hydrogens (primary N) is 1. The van der Waals surface area contributed by atoms with Crippen LogP contribution in [0.25, 0.3) is 0 Å². The van der Waals surface area contributed by atoms with E-state index in [1.165, 1.54) is 25.7 Å². The summed E-state index contributed by atoms with van der Waals surface area (Å²) in [7, 11) is 2.02. The topological polar surface area (TPSA) is 79.1 Å². The van der Waals surface area contributed by atoms with Crippen molar-refractivity contribution in [3.63, 3.8) is 0 Å². The highest BCUT2D eigenvalue weighted by molar-refractivity contribution is 5.54. The van der Waals surface area contributed by atoms with E-state index in [9.17, 15) is 0 Å². The molecule has 22 heavy (non-hydrogen) atoms. The van der Waals surface area contributed by atoms with Crippen molar-refractivity contribution in [2.45, 2.75) is 44.2 Å². The van der Waals surface area contributed by atoms with Crippen LogP contribution in [0.2, 0.25) is 0 Å². The molecule has 2 bridgehead atoms. The lowest BCUT2D eigenvalue weighted by Gasteiger charge is -2.24. The summed E-state index contributed by atoms with van der Waals surface area (Å²) in [5.41, 5.74) is 5.94. The van der Waals surface area contributed by atoms with Gasteiger partial charge < -0.3 is 21.3 Å². The molecule has 1 aromatic rings. The zero-order chi connectivity index (χ0) is 15.1. The lowest BCUT2D eigenvalue weighted by Crippen LogP contribution is -2.30. The summed E-state index contributed by atoms with van der Waals surface area (Å²) >= 11 is 0. The Balaban J connectivity index is 1.49. The molecule has 1 saturated heterocycles. The number of nitrogen functional groups attached to an aromatic ring is 1. The van der Waals surface area contributed by atoms with Gasteiger partial charge in [-0.1, -0.05) is 6.42 Å². The minimum atomic E-state index is 0.371. The van der Waals surface area contributed by atoms with Gasteiger partial charge in [-0.15, -0.1) is 0 Å². The fourth-order valence-corrected chi connectivity index (χ4v) is 4.50. The van der Waals surface area contributed by atoms with Crippen molar-refractivity contribution in [2.75, 3.05) is 36.1 Å². The molecule has 2 saturated carbocycles. The van der Waals surface area contributed by atoms with E-state index in [-0.39, 0.29) is 0 Å². The van der Waals surface area contributed by atoms with Gasteiger partial charge in [-0.2, -0.15) is 9.97 Å². The largest absolute Gasteiger partial charge is 0.368 e. The van der Waals surface area contributed by atoms with Crippen molar-refractivity contribution in [1.29, 1.82) is 0 Å². The molecule has 6 heteroatoms. The summed E-state index contributed by atoms with van der Waals surface area (Å²) in [5.74, 6) is 3.97. The zero-order valence-corrected chi connectivity index (χ0v) is 13.3. The van der Waals surface area contributed by atoms with Gasteiger partial charge in [-0.3, -0.25) is 0 Å². The highest BCUT2D eigenvalue weighted by Crippen LogP contribution is 2.45. The molecule has 3 fully saturated rings. The third kappa shape index (κ3) is 2.60. The van der Waals surface area contributed by atoms with Crippen molar-refractivity contribution in [3.8, 4) is 0 Å². The molecule has 3 aliphatic rings. The molecular formula is C16H26N6. The van der Waals surface area contributed by atoms with E-state index >= 15 is 0 Å². The Morgan fingerprint density at radius 2 is 2.14 bits per heavy atom. The Labute approximate surface area is 131 Å². The maximum absolute atomic E-state index is 5.94. The third-order valence-corrected chi connectivity index (χ3v) is 5.72. The van der Waals surface area contributed by atoms with E-state index in [2.05, 4.69) is 31.6 Å². The molecule has 1 aliphatic heterocycles. The van der Waals surface area contributed by atoms with Gasteiger partial charge in [0.25, 0.3) is 0 Å². The molecule has 1 aromatic heterocycles. The summed E-state index contributed by atoms with van der Waals surface area (Å²) in [4.78, 5) is 11.1. The lowest BCUT2D eigenvalue weighted by atomic mass is 9.95. The smallest absolute Gasteiger partial charge is 0.223 e. The van der Waals surface area contributed by atoms with Crippen LogP contribution in [0.15, 0.2) is 6.07 Å². The maximum Gasteiger partial charge on any atom is 0.223 e. The minimum Gasteiger partial charge on any atom is -0.368 e. The fraction of sp³-hybridized carbons (Fsp3) is 0.750. The Morgan fingerprint density at radius 3 is 2.82 bits per heavy atom. The average Bonchev–Trinajstić information content (AvgIpc) is 3.23. The van der Waals surface area contributed by atoms with Gasteiger partial charge in [0, 0.05) is 31.2 Å². The van der Waals surface area contributed by atoms with Crippen LogP contribution in [0.5, 0.6) is 0 Å². The molecule has 2 aliphatic carbocycles. The van der Waals surface area contributed by atoms with E-state index in [0.717, 1.165) is 43.0 Å². The van der Waals surface area contributed by atoms with Crippen molar-refractivity contribution in [1.82, 2.24) is 15.3 Å². The van der Waals surface area contributed by atoms with Gasteiger partial charge in [0.1, 0.15) is 11.6 Å². The second-order valence-corrected chi connectivity index (χ2v) is 7.12. The van der Waals surface area contributed by atoms with E-state index in [0.29, 0.717) is 18.0 Å². The summed E-state index contributed by atoms with van der Waals surface area (Å²) in [6, 6.07) is 3.18. The van der Waals surface area contributed by atoms with E-state index < -0.39 is 0 Å². The first-order chi connectivity index (χ1) is 10.7. The summed E-state index contributed by atoms with van der Waals surface area (Å²) in [6.45, 7) is 2.01. The van der Waals surface area contributed by atoms with Crippen LogP contribution in [-0.4, -0.2) is 42.2 Å². The summed E-state index contributed by atoms with van der Waals surface area (Å²) in [5, 5.41) is 6.97. The van der Waals surface area contributed by atoms with Crippen LogP contribution in [0.4, 0.5) is 17.6 Å². The number of fused-ring (bicyclic) bond motifs is 2. The monoisotopic (exact) mass is 302 g/mol. The molecule has 4 atom stereocenters. The van der Waals surface area contributed by atoms with Crippen molar-refractivity contribution in [2.24, 2.45) is 11.8 Å². The second-order valence-electron chi connectivity index (χ2n) is 7.12. The van der Waals surface area contributed by atoms with Crippen molar-refractivity contribution >= 4 is 17.6 Å². The Bertz CT molecular complexity index is 547. The fourth-order valence-electron chi connectivity index (χ4n) is 4.50. The van der Waals surface area contributed by atoms with Crippen molar-refractivity contribution in [3.05, 3.63) is 6.07 Å². The van der Waals surface area contributed by atoms with Gasteiger partial charge >= 0.3 is 0 Å². The molecule has 0 spiro atoms. The number of likely N-dealkylation sites (N-methyl/N-ethyl adjacent to an activating group) is 1. The molecule has 4 N–H and O–H groups in total. The molecule has 0 aromatic carbocycles. The number of nitrogens with zero attached hydrogens (tertiary/aromatic N) is 3. The average molecular weight is 302 g/mol. The molecule has 120 valence electrons. The maximum atomic E-state index is 5.94. The van der Waals surface area contributed by atoms with E-state index in [4.69, 9.17) is 5.73 Å². The van der Waals surface area contributed by atoms with Crippen LogP contribution in [0.1, 0.15) is 32.1 Å². The Hall–Kier alpha value is -1.56. The van der Waals surface area contributed by atoms with Gasteiger partial charge in [-0.25, -0.2) is 0 Å². The second kappa shape index (κ2) is 5.57. The number of hydrogen-bond donors (Lipinski definition) is 3. The number of aromatic nitrogens is 2. The molecule has 2 heterocycles. The van der Waals surface area contributed by atoms with Crippen LogP contribution >= 0.6 is 0 Å². The zero-order valence-electron chi connectivity index (χ0n) is 13.3. The van der Waals surface area contributed by atoms with E-state index in [1.54, 1.807) is 0 Å². The predicted octanol–water partition coefficient (Wildman–Crippen LogP) is 1.46. The highest BCUT2D eigenvalue weighted by Gasteiger charge is 2.39. The van der Waals surface area contributed by atoms with Crippen LogP contribution in [0.3, 0.4) is 0 Å². The van der Waals surface area contributed by atoms with Crippen LogP contribution < -0.4 is 21.3 Å². The molecule has 0 amide bonds. The molecule has 0 radical (unpaired) electrons. The van der Waals surface area contributed by atoms with Crippen LogP contribution in [-0.2, 0) is 0 Å². The van der Waals surface area contributed by atoms with Gasteiger partial charge in [-0.05, 0) is 44.6 Å². The van der Waals surface area contributed by atoms with Crippen molar-refractivity contribution < 1.29 is 0 Å². The third-order valence-electron chi connectivity index (χ3n) is 5.72. The Morgan fingerprint density at radius 1 is 1.23 bits per heavy atom. The quantitative estimate of drug-likeness (QED) is 0.781. The molecule has 6 nitrogen and oxygen atoms in total. The lowest BCUT2D eigenvalue weighted by molar-refractivity contribution is 0.439. The number of hydrogen-bond acceptors (Lipinski definition) is 6. The number of rotatable bonds is 4. The molecular weight excluding hydrogens is 276 g/mol. The molecule has 4 rings (SSSR count). The Kier molecular flexibility index (Phi) is 3.56. The van der Waals surface area contributed by atoms with Gasteiger partial charge in [0.15, 0.2) is 0 Å². The summed E-state index contributed by atoms with van der Waals surface area (Å²) in [6.07, 6.45) is 6.61. The normalized spacial score (nSPS) is 33.6. The first kappa shape index (κ1) is 14.1. The van der Waals surface area contributed by atoms with Gasteiger partial charge in [0.05, 0.1) is 0 Å². The number of anilines is 3.